The number of benzene rings is 1. The predicted octanol–water partition coefficient (Wildman–Crippen LogP) is 2.59. The van der Waals surface area contributed by atoms with Crippen molar-refractivity contribution >= 4 is 17.5 Å². The first-order chi connectivity index (χ1) is 7.79. The molecule has 0 bridgehead atoms. The van der Waals surface area contributed by atoms with Crippen molar-refractivity contribution in [3.05, 3.63) is 29.8 Å². The van der Waals surface area contributed by atoms with E-state index in [0.29, 0.717) is 12.3 Å². The lowest BCUT2D eigenvalue weighted by molar-refractivity contribution is 0.0964. The average molecular weight is 235 g/mol. The third kappa shape index (κ3) is 2.86. The zero-order valence-corrected chi connectivity index (χ0v) is 10.3. The number of hydrogen-bond acceptors (Lipinski definition) is 3. The molecule has 1 heterocycles. The molecule has 86 valence electrons. The number of carbonyl (C=O) groups is 1. The monoisotopic (exact) mass is 235 g/mol. The lowest BCUT2D eigenvalue weighted by Gasteiger charge is -2.07. The number of rotatable bonds is 4. The van der Waals surface area contributed by atoms with Gasteiger partial charge >= 0.3 is 0 Å². The van der Waals surface area contributed by atoms with Gasteiger partial charge in [-0.3, -0.25) is 4.79 Å². The van der Waals surface area contributed by atoms with Gasteiger partial charge in [0.2, 0.25) is 0 Å². The third-order valence-electron chi connectivity index (χ3n) is 3.05. The van der Waals surface area contributed by atoms with Crippen LogP contribution in [0, 0.1) is 5.92 Å². The summed E-state index contributed by atoms with van der Waals surface area (Å²) in [5, 5.41) is 3.29. The molecule has 0 amide bonds. The molecule has 0 spiro atoms. The predicted molar refractivity (Wildman–Crippen MR) is 68.1 cm³/mol. The summed E-state index contributed by atoms with van der Waals surface area (Å²) in [7, 11) is 0. The Morgan fingerprint density at radius 2 is 2.19 bits per heavy atom. The Morgan fingerprint density at radius 1 is 1.44 bits per heavy atom. The second kappa shape index (κ2) is 5.51. The van der Waals surface area contributed by atoms with Gasteiger partial charge in [-0.05, 0) is 43.8 Å². The van der Waals surface area contributed by atoms with E-state index in [0.717, 1.165) is 25.1 Å². The maximum absolute atomic E-state index is 12.0. The molecule has 1 aliphatic heterocycles. The Kier molecular flexibility index (Phi) is 4.02. The van der Waals surface area contributed by atoms with Crippen molar-refractivity contribution in [2.75, 3.05) is 19.3 Å². The first-order valence-electron chi connectivity index (χ1n) is 5.67. The number of hydrogen-bond donors (Lipinski definition) is 1. The van der Waals surface area contributed by atoms with Gasteiger partial charge in [-0.1, -0.05) is 12.1 Å². The molecular formula is C13H17NOS. The number of Topliss-reactive ketones (excluding diaryl/α,β-unsaturated/α-hetero) is 1. The van der Waals surface area contributed by atoms with Gasteiger partial charge in [-0.25, -0.2) is 0 Å². The molecule has 0 aromatic heterocycles. The molecule has 16 heavy (non-hydrogen) atoms. The Balaban J connectivity index is 1.97. The molecule has 1 fully saturated rings. The molecule has 2 nitrogen and oxygen atoms in total. The minimum atomic E-state index is 0.279. The summed E-state index contributed by atoms with van der Waals surface area (Å²) in [5.74, 6) is 0.814. The van der Waals surface area contributed by atoms with Crippen LogP contribution >= 0.6 is 11.8 Å². The first kappa shape index (κ1) is 11.7. The van der Waals surface area contributed by atoms with Gasteiger partial charge in [0.05, 0.1) is 0 Å². The van der Waals surface area contributed by atoms with E-state index < -0.39 is 0 Å². The first-order valence-corrected chi connectivity index (χ1v) is 6.90. The molecule has 1 atom stereocenters. The Hall–Kier alpha value is -0.800. The Bertz CT molecular complexity index is 355. The Morgan fingerprint density at radius 3 is 2.75 bits per heavy atom. The second-order valence-corrected chi connectivity index (χ2v) is 5.09. The van der Waals surface area contributed by atoms with Crippen molar-refractivity contribution in [3.8, 4) is 0 Å². The SMILES string of the molecule is CSc1ccc(C(=O)CC2CCNC2)cc1. The molecule has 2 rings (SSSR count). The minimum absolute atomic E-state index is 0.279. The van der Waals surface area contributed by atoms with E-state index in [4.69, 9.17) is 0 Å². The fourth-order valence-electron chi connectivity index (χ4n) is 2.05. The van der Waals surface area contributed by atoms with Gasteiger partial charge in [0.25, 0.3) is 0 Å². The van der Waals surface area contributed by atoms with E-state index >= 15 is 0 Å². The average Bonchev–Trinajstić information content (AvgIpc) is 2.82. The maximum atomic E-state index is 12.0. The highest BCUT2D eigenvalue weighted by atomic mass is 32.2. The van der Waals surface area contributed by atoms with E-state index in [2.05, 4.69) is 5.32 Å². The summed E-state index contributed by atoms with van der Waals surface area (Å²) < 4.78 is 0. The number of thioether (sulfide) groups is 1. The number of nitrogens with one attached hydrogen (secondary N) is 1. The van der Waals surface area contributed by atoms with Crippen LogP contribution in [0.2, 0.25) is 0 Å². The highest BCUT2D eigenvalue weighted by molar-refractivity contribution is 7.98. The lowest BCUT2D eigenvalue weighted by Crippen LogP contribution is -2.12. The molecular weight excluding hydrogens is 218 g/mol. The summed E-state index contributed by atoms with van der Waals surface area (Å²) in [6.07, 6.45) is 3.86. The van der Waals surface area contributed by atoms with Gasteiger partial charge in [-0.2, -0.15) is 0 Å². The summed E-state index contributed by atoms with van der Waals surface area (Å²) in [6.45, 7) is 2.05. The number of ketones is 1. The van der Waals surface area contributed by atoms with Crippen LogP contribution in [0.4, 0.5) is 0 Å². The topological polar surface area (TPSA) is 29.1 Å². The largest absolute Gasteiger partial charge is 0.316 e. The molecule has 1 aliphatic rings. The summed E-state index contributed by atoms with van der Waals surface area (Å²) in [5.41, 5.74) is 0.852. The van der Waals surface area contributed by atoms with Crippen molar-refractivity contribution in [2.45, 2.75) is 17.7 Å². The summed E-state index contributed by atoms with van der Waals surface area (Å²) >= 11 is 1.70. The molecule has 0 aliphatic carbocycles. The van der Waals surface area contributed by atoms with Crippen LogP contribution in [-0.2, 0) is 0 Å². The van der Waals surface area contributed by atoms with Crippen LogP contribution in [0.15, 0.2) is 29.2 Å². The summed E-state index contributed by atoms with van der Waals surface area (Å²) in [4.78, 5) is 13.2. The molecule has 1 N–H and O–H groups in total. The molecule has 3 heteroatoms. The quantitative estimate of drug-likeness (QED) is 0.642. The smallest absolute Gasteiger partial charge is 0.163 e. The fraction of sp³-hybridized carbons (Fsp3) is 0.462. The minimum Gasteiger partial charge on any atom is -0.316 e. The van der Waals surface area contributed by atoms with Crippen LogP contribution in [0.25, 0.3) is 0 Å². The van der Waals surface area contributed by atoms with Gasteiger partial charge in [0, 0.05) is 16.9 Å². The third-order valence-corrected chi connectivity index (χ3v) is 3.79. The highest BCUT2D eigenvalue weighted by Gasteiger charge is 2.18. The van der Waals surface area contributed by atoms with Gasteiger partial charge in [0.1, 0.15) is 0 Å². The Labute approximate surface area is 101 Å². The highest BCUT2D eigenvalue weighted by Crippen LogP contribution is 2.19. The van der Waals surface area contributed by atoms with Crippen molar-refractivity contribution in [3.63, 3.8) is 0 Å². The molecule has 0 radical (unpaired) electrons. The fourth-order valence-corrected chi connectivity index (χ4v) is 2.45. The molecule has 1 unspecified atom stereocenters. The van der Waals surface area contributed by atoms with Gasteiger partial charge in [-0.15, -0.1) is 11.8 Å². The van der Waals surface area contributed by atoms with E-state index in [1.54, 1.807) is 11.8 Å². The lowest BCUT2D eigenvalue weighted by atomic mass is 9.98. The van der Waals surface area contributed by atoms with E-state index in [9.17, 15) is 4.79 Å². The van der Waals surface area contributed by atoms with Gasteiger partial charge < -0.3 is 5.32 Å². The van der Waals surface area contributed by atoms with Crippen molar-refractivity contribution in [1.29, 1.82) is 0 Å². The van der Waals surface area contributed by atoms with Crippen molar-refractivity contribution in [1.82, 2.24) is 5.32 Å². The van der Waals surface area contributed by atoms with Crippen LogP contribution in [0.3, 0.4) is 0 Å². The molecule has 1 aromatic rings. The van der Waals surface area contributed by atoms with E-state index in [1.807, 2.05) is 30.5 Å². The molecule has 0 saturated carbocycles. The normalized spacial score (nSPS) is 19.9. The van der Waals surface area contributed by atoms with Crippen LogP contribution in [0.5, 0.6) is 0 Å². The van der Waals surface area contributed by atoms with Crippen LogP contribution in [-0.4, -0.2) is 25.1 Å². The van der Waals surface area contributed by atoms with Crippen LogP contribution < -0.4 is 5.32 Å². The van der Waals surface area contributed by atoms with Gasteiger partial charge in [0.15, 0.2) is 5.78 Å². The standard InChI is InChI=1S/C13H17NOS/c1-16-12-4-2-11(3-5-12)13(15)8-10-6-7-14-9-10/h2-5,10,14H,6-9H2,1H3. The van der Waals surface area contributed by atoms with Crippen molar-refractivity contribution in [2.24, 2.45) is 5.92 Å². The van der Waals surface area contributed by atoms with Crippen LogP contribution in [0.1, 0.15) is 23.2 Å². The van der Waals surface area contributed by atoms with E-state index in [1.165, 1.54) is 4.90 Å². The second-order valence-electron chi connectivity index (χ2n) is 4.21. The zero-order valence-electron chi connectivity index (χ0n) is 9.53. The molecule has 1 aromatic carbocycles. The zero-order chi connectivity index (χ0) is 11.4. The van der Waals surface area contributed by atoms with Crippen molar-refractivity contribution < 1.29 is 4.79 Å². The van der Waals surface area contributed by atoms with E-state index in [-0.39, 0.29) is 5.78 Å². The molecule has 1 saturated heterocycles. The number of carbonyl (C=O) groups excluding carboxylic acids is 1. The summed E-state index contributed by atoms with van der Waals surface area (Å²) in [6, 6.07) is 7.92. The maximum Gasteiger partial charge on any atom is 0.163 e.